The molecule has 1 heterocycles. The number of hydrogen-bond acceptors (Lipinski definition) is 1. The van der Waals surface area contributed by atoms with Gasteiger partial charge in [0, 0.05) is 24.7 Å². The maximum Gasteiger partial charge on any atom is 0.0553 e. The highest BCUT2D eigenvalue weighted by molar-refractivity contribution is 5.13. The van der Waals surface area contributed by atoms with Gasteiger partial charge in [0.25, 0.3) is 0 Å². The molecule has 13 heavy (non-hydrogen) atoms. The second-order valence-electron chi connectivity index (χ2n) is 3.97. The fourth-order valence-electron chi connectivity index (χ4n) is 1.34. The maximum atomic E-state index is 4.00. The van der Waals surface area contributed by atoms with E-state index in [1.54, 1.807) is 0 Å². The third kappa shape index (κ3) is 2.81. The molecule has 1 aliphatic heterocycles. The highest BCUT2D eigenvalue weighted by atomic mass is 15.2. The van der Waals surface area contributed by atoms with Gasteiger partial charge in [-0.3, -0.25) is 0 Å². The van der Waals surface area contributed by atoms with Crippen molar-refractivity contribution in [2.24, 2.45) is 11.8 Å². The van der Waals surface area contributed by atoms with Gasteiger partial charge in [-0.25, -0.2) is 0 Å². The smallest absolute Gasteiger partial charge is 0.0553 e. The Morgan fingerprint density at radius 3 is 2.62 bits per heavy atom. The van der Waals surface area contributed by atoms with E-state index in [0.29, 0.717) is 11.8 Å². The van der Waals surface area contributed by atoms with Gasteiger partial charge in [0.1, 0.15) is 0 Å². The Morgan fingerprint density at radius 1 is 1.54 bits per heavy atom. The number of allylic oxidation sites excluding steroid dienone is 1. The quantitative estimate of drug-likeness (QED) is 0.586. The first-order valence-electron chi connectivity index (χ1n) is 5.07. The number of hydrogen-bond donors (Lipinski definition) is 0. The van der Waals surface area contributed by atoms with Gasteiger partial charge in [0.15, 0.2) is 0 Å². The van der Waals surface area contributed by atoms with Gasteiger partial charge in [-0.2, -0.15) is 0 Å². The van der Waals surface area contributed by atoms with Crippen LogP contribution in [0.15, 0.2) is 12.3 Å². The van der Waals surface area contributed by atoms with E-state index >= 15 is 0 Å². The molecule has 0 radical (unpaired) electrons. The van der Waals surface area contributed by atoms with E-state index in [4.69, 9.17) is 0 Å². The van der Waals surface area contributed by atoms with Crippen LogP contribution in [0.3, 0.4) is 0 Å². The molecular formula is C12H19N. The first-order valence-corrected chi connectivity index (χ1v) is 5.07. The summed E-state index contributed by atoms with van der Waals surface area (Å²) in [6.45, 7) is 12.6. The van der Waals surface area contributed by atoms with Gasteiger partial charge in [0.05, 0.1) is 5.92 Å². The molecule has 1 rings (SSSR count). The van der Waals surface area contributed by atoms with Crippen LogP contribution in [0.1, 0.15) is 27.2 Å². The van der Waals surface area contributed by atoms with Crippen molar-refractivity contribution < 1.29 is 0 Å². The zero-order valence-corrected chi connectivity index (χ0v) is 8.93. The van der Waals surface area contributed by atoms with Gasteiger partial charge < -0.3 is 4.90 Å². The lowest BCUT2D eigenvalue weighted by molar-refractivity contribution is 0.181. The van der Waals surface area contributed by atoms with Gasteiger partial charge in [0.2, 0.25) is 0 Å². The molecule has 1 heteroatoms. The molecule has 0 aliphatic carbocycles. The van der Waals surface area contributed by atoms with Crippen molar-refractivity contribution in [3.05, 3.63) is 12.3 Å². The van der Waals surface area contributed by atoms with Crippen molar-refractivity contribution in [3.63, 3.8) is 0 Å². The maximum absolute atomic E-state index is 4.00. The van der Waals surface area contributed by atoms with Crippen molar-refractivity contribution in [2.45, 2.75) is 27.2 Å². The summed E-state index contributed by atoms with van der Waals surface area (Å²) in [5.41, 5.74) is 1.25. The minimum atomic E-state index is 0.503. The average molecular weight is 177 g/mol. The topological polar surface area (TPSA) is 3.24 Å². The summed E-state index contributed by atoms with van der Waals surface area (Å²) >= 11 is 0. The van der Waals surface area contributed by atoms with Crippen LogP contribution in [0, 0.1) is 23.7 Å². The first-order chi connectivity index (χ1) is 6.13. The lowest BCUT2D eigenvalue weighted by Gasteiger charge is -2.39. The van der Waals surface area contributed by atoms with E-state index in [1.165, 1.54) is 5.70 Å². The molecule has 1 nitrogen and oxygen atoms in total. The Hall–Kier alpha value is -0.900. The molecule has 0 saturated carbocycles. The molecule has 0 unspecified atom stereocenters. The fourth-order valence-corrected chi connectivity index (χ4v) is 1.34. The van der Waals surface area contributed by atoms with Gasteiger partial charge in [-0.15, -0.1) is 5.92 Å². The third-order valence-electron chi connectivity index (χ3n) is 2.31. The van der Waals surface area contributed by atoms with Crippen molar-refractivity contribution in [1.82, 2.24) is 4.90 Å². The predicted octanol–water partition coefficient (Wildman–Crippen LogP) is 2.50. The Balaban J connectivity index is 2.27. The predicted molar refractivity (Wildman–Crippen MR) is 57.1 cm³/mol. The Kier molecular flexibility index (Phi) is 3.42. The van der Waals surface area contributed by atoms with Crippen LogP contribution in [0.2, 0.25) is 0 Å². The average Bonchev–Trinajstić information content (AvgIpc) is 2.00. The SMILES string of the molecule is C=C(CC)N1CC(C#CC(C)C)C1. The second-order valence-corrected chi connectivity index (χ2v) is 3.97. The largest absolute Gasteiger partial charge is 0.373 e. The molecule has 0 bridgehead atoms. The summed E-state index contributed by atoms with van der Waals surface area (Å²) in [5.74, 6) is 7.61. The van der Waals surface area contributed by atoms with E-state index in [0.717, 1.165) is 19.5 Å². The molecule has 0 N–H and O–H groups in total. The van der Waals surface area contributed by atoms with Crippen LogP contribution in [-0.2, 0) is 0 Å². The summed E-state index contributed by atoms with van der Waals surface area (Å²) in [6, 6.07) is 0. The Labute approximate surface area is 81.8 Å². The molecule has 0 amide bonds. The minimum Gasteiger partial charge on any atom is -0.373 e. The molecule has 0 spiro atoms. The van der Waals surface area contributed by atoms with Crippen LogP contribution in [0.4, 0.5) is 0 Å². The summed E-state index contributed by atoms with van der Waals surface area (Å²) in [7, 11) is 0. The second kappa shape index (κ2) is 4.37. The molecule has 1 saturated heterocycles. The van der Waals surface area contributed by atoms with E-state index in [1.807, 2.05) is 0 Å². The van der Waals surface area contributed by atoms with Crippen molar-refractivity contribution in [2.75, 3.05) is 13.1 Å². The van der Waals surface area contributed by atoms with Crippen molar-refractivity contribution in [1.29, 1.82) is 0 Å². The summed E-state index contributed by atoms with van der Waals surface area (Å²) < 4.78 is 0. The molecule has 0 aromatic heterocycles. The lowest BCUT2D eigenvalue weighted by atomic mass is 9.99. The molecule has 0 aromatic carbocycles. The highest BCUT2D eigenvalue weighted by Gasteiger charge is 2.24. The Morgan fingerprint density at radius 2 is 2.15 bits per heavy atom. The summed E-state index contributed by atoms with van der Waals surface area (Å²) in [4.78, 5) is 2.32. The molecule has 0 atom stereocenters. The number of likely N-dealkylation sites (tertiary alicyclic amines) is 1. The lowest BCUT2D eigenvalue weighted by Crippen LogP contribution is -2.44. The fraction of sp³-hybridized carbons (Fsp3) is 0.667. The van der Waals surface area contributed by atoms with Crippen molar-refractivity contribution >= 4 is 0 Å². The minimum absolute atomic E-state index is 0.503. The normalized spacial score (nSPS) is 16.5. The molecule has 1 aliphatic rings. The Bertz CT molecular complexity index is 236. The monoisotopic (exact) mass is 177 g/mol. The van der Waals surface area contributed by atoms with Gasteiger partial charge in [-0.05, 0) is 6.42 Å². The molecule has 0 aromatic rings. The van der Waals surface area contributed by atoms with E-state index in [2.05, 4.69) is 44.1 Å². The molecule has 72 valence electrons. The standard InChI is InChI=1S/C12H19N/c1-5-11(4)13-8-12(9-13)7-6-10(2)3/h10,12H,4-5,8-9H2,1-3H3. The zero-order chi connectivity index (χ0) is 9.84. The van der Waals surface area contributed by atoms with E-state index < -0.39 is 0 Å². The molecular weight excluding hydrogens is 158 g/mol. The van der Waals surface area contributed by atoms with Crippen LogP contribution in [0.5, 0.6) is 0 Å². The number of nitrogens with zero attached hydrogens (tertiary/aromatic N) is 1. The summed E-state index contributed by atoms with van der Waals surface area (Å²) in [5, 5.41) is 0. The van der Waals surface area contributed by atoms with E-state index in [9.17, 15) is 0 Å². The van der Waals surface area contributed by atoms with Gasteiger partial charge in [-0.1, -0.05) is 33.3 Å². The van der Waals surface area contributed by atoms with Crippen LogP contribution in [0.25, 0.3) is 0 Å². The van der Waals surface area contributed by atoms with Gasteiger partial charge >= 0.3 is 0 Å². The van der Waals surface area contributed by atoms with Crippen LogP contribution >= 0.6 is 0 Å². The van der Waals surface area contributed by atoms with Crippen molar-refractivity contribution in [3.8, 4) is 11.8 Å². The number of rotatable bonds is 2. The van der Waals surface area contributed by atoms with E-state index in [-0.39, 0.29) is 0 Å². The first kappa shape index (κ1) is 10.2. The third-order valence-corrected chi connectivity index (χ3v) is 2.31. The molecule has 1 fully saturated rings. The highest BCUT2D eigenvalue weighted by Crippen LogP contribution is 2.20. The van der Waals surface area contributed by atoms with Crippen LogP contribution in [-0.4, -0.2) is 18.0 Å². The van der Waals surface area contributed by atoms with Crippen LogP contribution < -0.4 is 0 Å². The zero-order valence-electron chi connectivity index (χ0n) is 8.93. The summed E-state index contributed by atoms with van der Waals surface area (Å²) in [6.07, 6.45) is 1.06.